The van der Waals surface area contributed by atoms with Gasteiger partial charge in [0.2, 0.25) is 0 Å². The van der Waals surface area contributed by atoms with Crippen LogP contribution in [0.3, 0.4) is 0 Å². The predicted molar refractivity (Wildman–Crippen MR) is 117 cm³/mol. The molecule has 0 amide bonds. The fourth-order valence-electron chi connectivity index (χ4n) is 7.01. The van der Waals surface area contributed by atoms with Gasteiger partial charge in [-0.2, -0.15) is 0 Å². The molecule has 3 aliphatic carbocycles. The van der Waals surface area contributed by atoms with Crippen LogP contribution in [0.2, 0.25) is 0 Å². The van der Waals surface area contributed by atoms with Crippen LogP contribution in [0, 0.1) is 17.3 Å². The second-order valence-electron chi connectivity index (χ2n) is 10.3. The van der Waals surface area contributed by atoms with Gasteiger partial charge in [-0.25, -0.2) is 0 Å². The number of Topliss-reactive ketones (excluding diaryl/α,β-unsaturated/α-hetero) is 1. The van der Waals surface area contributed by atoms with Gasteiger partial charge >= 0.3 is 5.97 Å². The van der Waals surface area contributed by atoms with E-state index in [9.17, 15) is 9.59 Å². The lowest BCUT2D eigenvalue weighted by Gasteiger charge is -2.48. The molecule has 1 aromatic rings. The van der Waals surface area contributed by atoms with Gasteiger partial charge in [-0.3, -0.25) is 9.59 Å². The lowest BCUT2D eigenvalue weighted by molar-refractivity contribution is -0.134. The third-order valence-corrected chi connectivity index (χ3v) is 8.72. The van der Waals surface area contributed by atoms with Crippen LogP contribution in [0.5, 0.6) is 5.75 Å². The maximum atomic E-state index is 12.5. The highest BCUT2D eigenvalue weighted by Gasteiger charge is 2.54. The van der Waals surface area contributed by atoms with Crippen molar-refractivity contribution in [2.45, 2.75) is 77.0 Å². The highest BCUT2D eigenvalue weighted by Crippen LogP contribution is 2.59. The monoisotopic (exact) mass is 409 g/mol. The smallest absolute Gasteiger partial charge is 0.312 e. The van der Waals surface area contributed by atoms with Crippen LogP contribution in [0.1, 0.15) is 81.8 Å². The van der Waals surface area contributed by atoms with Gasteiger partial charge in [0.15, 0.2) is 0 Å². The molecule has 2 saturated carbocycles. The van der Waals surface area contributed by atoms with Crippen molar-refractivity contribution in [3.05, 3.63) is 29.3 Å². The molecule has 4 heteroatoms. The van der Waals surface area contributed by atoms with Crippen molar-refractivity contribution < 1.29 is 14.3 Å². The van der Waals surface area contributed by atoms with Crippen molar-refractivity contribution in [2.75, 3.05) is 19.6 Å². The van der Waals surface area contributed by atoms with Crippen LogP contribution >= 0.6 is 0 Å². The number of rotatable bonds is 4. The second kappa shape index (κ2) is 8.11. The molecule has 3 fully saturated rings. The van der Waals surface area contributed by atoms with Gasteiger partial charge in [0.25, 0.3) is 0 Å². The Morgan fingerprint density at radius 1 is 1.13 bits per heavy atom. The van der Waals surface area contributed by atoms with Crippen molar-refractivity contribution in [1.82, 2.24) is 4.90 Å². The molecule has 5 rings (SSSR count). The second-order valence-corrected chi connectivity index (χ2v) is 10.3. The molecular formula is C26H35NO3. The Hall–Kier alpha value is -1.68. The number of hydrogen-bond donors (Lipinski definition) is 0. The zero-order valence-corrected chi connectivity index (χ0v) is 18.3. The highest BCUT2D eigenvalue weighted by molar-refractivity contribution is 5.87. The number of piperidine rings is 1. The summed E-state index contributed by atoms with van der Waals surface area (Å²) in [5.41, 5.74) is 2.73. The normalized spacial score (nSPS) is 33.5. The van der Waals surface area contributed by atoms with Gasteiger partial charge in [0, 0.05) is 18.4 Å². The summed E-state index contributed by atoms with van der Waals surface area (Å²) in [5, 5.41) is 0. The number of benzene rings is 1. The van der Waals surface area contributed by atoms with E-state index in [-0.39, 0.29) is 11.4 Å². The van der Waals surface area contributed by atoms with Crippen LogP contribution in [0.15, 0.2) is 18.2 Å². The minimum Gasteiger partial charge on any atom is -0.426 e. The van der Waals surface area contributed by atoms with Gasteiger partial charge in [-0.1, -0.05) is 19.4 Å². The van der Waals surface area contributed by atoms with E-state index in [4.69, 9.17) is 4.74 Å². The Morgan fingerprint density at radius 2 is 1.97 bits per heavy atom. The first-order chi connectivity index (χ1) is 14.5. The van der Waals surface area contributed by atoms with Crippen LogP contribution in [-0.2, 0) is 16.0 Å². The first-order valence-corrected chi connectivity index (χ1v) is 12.1. The number of nitrogens with zero attached hydrogens (tertiary/aromatic N) is 1. The van der Waals surface area contributed by atoms with Gasteiger partial charge in [-0.15, -0.1) is 0 Å². The molecule has 4 atom stereocenters. The van der Waals surface area contributed by atoms with Crippen LogP contribution in [0.4, 0.5) is 0 Å². The minimum atomic E-state index is -0.118. The Balaban J connectivity index is 1.23. The van der Waals surface area contributed by atoms with E-state index in [1.807, 2.05) is 6.07 Å². The molecule has 1 heterocycles. The molecule has 0 bridgehead atoms. The summed E-state index contributed by atoms with van der Waals surface area (Å²) in [6.07, 6.45) is 10.5. The zero-order valence-electron chi connectivity index (χ0n) is 18.3. The summed E-state index contributed by atoms with van der Waals surface area (Å²) in [6, 6.07) is 6.31. The SMILES string of the molecule is C[C@]12CC[C@@H]3c4ccc(OC(=O)CCN5CCCCC5)cc4CC[C@H]3[C@H]1CCC2=O. The van der Waals surface area contributed by atoms with Crippen molar-refractivity contribution in [2.24, 2.45) is 17.3 Å². The third-order valence-electron chi connectivity index (χ3n) is 8.72. The number of likely N-dealkylation sites (tertiary alicyclic amines) is 1. The minimum absolute atomic E-state index is 0.0670. The van der Waals surface area contributed by atoms with E-state index in [1.54, 1.807) is 0 Å². The Kier molecular flexibility index (Phi) is 5.47. The lowest BCUT2D eigenvalue weighted by Crippen LogP contribution is -2.42. The standard InChI is InChI=1S/C26H35NO3/c1-26-13-11-21-20-8-6-19(30-25(29)12-16-27-14-3-2-4-15-27)17-18(20)5-7-22(21)23(26)9-10-24(26)28/h6,8,17,21-23H,2-5,7,9-16H2,1H3/t21-,22-,23-,26+/m1/s1. The van der Waals surface area contributed by atoms with Crippen LogP contribution < -0.4 is 4.74 Å². The summed E-state index contributed by atoms with van der Waals surface area (Å²) in [5.74, 6) is 2.86. The van der Waals surface area contributed by atoms with E-state index in [0.29, 0.717) is 35.7 Å². The molecule has 0 spiro atoms. The van der Waals surface area contributed by atoms with E-state index in [0.717, 1.165) is 58.2 Å². The Morgan fingerprint density at radius 3 is 2.80 bits per heavy atom. The molecule has 162 valence electrons. The van der Waals surface area contributed by atoms with Crippen molar-refractivity contribution >= 4 is 11.8 Å². The van der Waals surface area contributed by atoms with Crippen molar-refractivity contribution in [1.29, 1.82) is 0 Å². The number of hydrogen-bond acceptors (Lipinski definition) is 4. The summed E-state index contributed by atoms with van der Waals surface area (Å²) in [7, 11) is 0. The summed E-state index contributed by atoms with van der Waals surface area (Å²) >= 11 is 0. The quantitative estimate of drug-likeness (QED) is 0.524. The number of fused-ring (bicyclic) bond motifs is 5. The van der Waals surface area contributed by atoms with Crippen LogP contribution in [-0.4, -0.2) is 36.3 Å². The molecule has 0 N–H and O–H groups in total. The fraction of sp³-hybridized carbons (Fsp3) is 0.692. The molecule has 1 aliphatic heterocycles. The Bertz CT molecular complexity index is 828. The molecule has 30 heavy (non-hydrogen) atoms. The van der Waals surface area contributed by atoms with Gasteiger partial charge in [-0.05, 0) is 99.0 Å². The first-order valence-electron chi connectivity index (χ1n) is 12.1. The van der Waals surface area contributed by atoms with Crippen LogP contribution in [0.25, 0.3) is 0 Å². The molecule has 0 unspecified atom stereocenters. The number of aryl methyl sites for hydroxylation is 1. The van der Waals surface area contributed by atoms with Gasteiger partial charge in [0.05, 0.1) is 6.42 Å². The predicted octanol–water partition coefficient (Wildman–Crippen LogP) is 4.89. The van der Waals surface area contributed by atoms with E-state index in [2.05, 4.69) is 24.0 Å². The molecule has 1 saturated heterocycles. The first kappa shape index (κ1) is 20.2. The van der Waals surface area contributed by atoms with E-state index in [1.165, 1.54) is 30.4 Å². The summed E-state index contributed by atoms with van der Waals surface area (Å²) in [6.45, 7) is 5.26. The Labute approximate surface area is 180 Å². The molecule has 0 radical (unpaired) electrons. The zero-order chi connectivity index (χ0) is 20.7. The van der Waals surface area contributed by atoms with E-state index < -0.39 is 0 Å². The number of carbonyl (C=O) groups is 2. The highest BCUT2D eigenvalue weighted by atomic mass is 16.5. The molecular weight excluding hydrogens is 374 g/mol. The number of ether oxygens (including phenoxy) is 1. The van der Waals surface area contributed by atoms with Crippen molar-refractivity contribution in [3.8, 4) is 5.75 Å². The number of carbonyl (C=O) groups excluding carboxylic acids is 2. The third kappa shape index (κ3) is 3.62. The summed E-state index contributed by atoms with van der Waals surface area (Å²) < 4.78 is 5.70. The number of ketones is 1. The molecule has 4 nitrogen and oxygen atoms in total. The fourth-order valence-corrected chi connectivity index (χ4v) is 7.01. The number of esters is 1. The molecule has 1 aromatic carbocycles. The van der Waals surface area contributed by atoms with E-state index >= 15 is 0 Å². The topological polar surface area (TPSA) is 46.6 Å². The van der Waals surface area contributed by atoms with Crippen molar-refractivity contribution in [3.63, 3.8) is 0 Å². The lowest BCUT2D eigenvalue weighted by atomic mass is 9.55. The van der Waals surface area contributed by atoms with Gasteiger partial charge < -0.3 is 9.64 Å². The largest absolute Gasteiger partial charge is 0.426 e. The van der Waals surface area contributed by atoms with Gasteiger partial charge in [0.1, 0.15) is 11.5 Å². The molecule has 0 aromatic heterocycles. The summed E-state index contributed by atoms with van der Waals surface area (Å²) in [4.78, 5) is 27.2. The average molecular weight is 410 g/mol. The maximum Gasteiger partial charge on any atom is 0.312 e. The molecule has 4 aliphatic rings. The maximum absolute atomic E-state index is 12.5. The average Bonchev–Trinajstić information content (AvgIpc) is 3.07.